The summed E-state index contributed by atoms with van der Waals surface area (Å²) in [5.41, 5.74) is 1.48. The van der Waals surface area contributed by atoms with Crippen LogP contribution in [0.4, 0.5) is 0 Å². The first kappa shape index (κ1) is 9.30. The molecule has 0 aromatic heterocycles. The summed E-state index contributed by atoms with van der Waals surface area (Å²) >= 11 is 0. The van der Waals surface area contributed by atoms with E-state index in [0.29, 0.717) is 0 Å². The van der Waals surface area contributed by atoms with E-state index in [1.165, 1.54) is 12.7 Å². The lowest BCUT2D eigenvalue weighted by Crippen LogP contribution is -2.18. The minimum atomic E-state index is -0.0543. The Labute approximate surface area is 73.6 Å². The Kier molecular flexibility index (Phi) is 3.32. The van der Waals surface area contributed by atoms with Crippen molar-refractivity contribution in [2.24, 2.45) is 5.92 Å². The summed E-state index contributed by atoms with van der Waals surface area (Å²) in [5.74, 6) is 0.0618. The number of hydrogen-bond donors (Lipinski definition) is 0. The molecule has 0 N–H and O–H groups in total. The van der Waals surface area contributed by atoms with Crippen LogP contribution in [0.2, 0.25) is 0 Å². The topological polar surface area (TPSA) is 26.3 Å². The van der Waals surface area contributed by atoms with E-state index in [4.69, 9.17) is 4.74 Å². The van der Waals surface area contributed by atoms with Crippen LogP contribution in [0.5, 0.6) is 0 Å². The van der Waals surface area contributed by atoms with Gasteiger partial charge in [-0.25, -0.2) is 0 Å². The van der Waals surface area contributed by atoms with Gasteiger partial charge in [-0.15, -0.1) is 0 Å². The molecular formula is C10H16O2. The van der Waals surface area contributed by atoms with Crippen molar-refractivity contribution in [3.8, 4) is 0 Å². The third-order valence-corrected chi connectivity index (χ3v) is 2.49. The van der Waals surface area contributed by atoms with Crippen LogP contribution in [0.15, 0.2) is 11.6 Å². The second kappa shape index (κ2) is 4.29. The molecule has 0 heterocycles. The monoisotopic (exact) mass is 168 g/mol. The summed E-state index contributed by atoms with van der Waals surface area (Å²) in [7, 11) is 1.46. The molecule has 2 heteroatoms. The maximum atomic E-state index is 11.1. The molecule has 2 nitrogen and oxygen atoms in total. The van der Waals surface area contributed by atoms with Crippen LogP contribution in [0, 0.1) is 5.92 Å². The fraction of sp³-hybridized carbons (Fsp3) is 0.700. The average Bonchev–Trinajstić information content (AvgIpc) is 2.17. The summed E-state index contributed by atoms with van der Waals surface area (Å²) in [6.45, 7) is 2.16. The number of methoxy groups -OCH3 is 1. The Balaban J connectivity index is 2.46. The summed E-state index contributed by atoms with van der Waals surface area (Å²) < 4.78 is 4.69. The lowest BCUT2D eigenvalue weighted by Gasteiger charge is -2.18. The molecule has 0 bridgehead atoms. The van der Waals surface area contributed by atoms with Crippen molar-refractivity contribution in [3.05, 3.63) is 11.6 Å². The van der Waals surface area contributed by atoms with Crippen LogP contribution in [0.3, 0.4) is 0 Å². The number of ether oxygens (including phenoxy) is 1. The van der Waals surface area contributed by atoms with Crippen molar-refractivity contribution in [1.82, 2.24) is 0 Å². The molecule has 0 radical (unpaired) electrons. The largest absolute Gasteiger partial charge is 0.469 e. The molecule has 0 amide bonds. The van der Waals surface area contributed by atoms with Crippen molar-refractivity contribution in [3.63, 3.8) is 0 Å². The second-order valence-electron chi connectivity index (χ2n) is 3.21. The molecule has 1 aliphatic carbocycles. The van der Waals surface area contributed by atoms with E-state index in [1.54, 1.807) is 0 Å². The molecule has 0 aromatic carbocycles. The minimum absolute atomic E-state index is 0.0543. The fourth-order valence-electron chi connectivity index (χ4n) is 1.59. The van der Waals surface area contributed by atoms with Crippen molar-refractivity contribution in [2.75, 3.05) is 7.11 Å². The Bertz CT molecular complexity index is 194. The van der Waals surface area contributed by atoms with Gasteiger partial charge in [0.1, 0.15) is 0 Å². The minimum Gasteiger partial charge on any atom is -0.469 e. The van der Waals surface area contributed by atoms with E-state index in [2.05, 4.69) is 13.0 Å². The van der Waals surface area contributed by atoms with Crippen LogP contribution in [-0.2, 0) is 9.53 Å². The highest BCUT2D eigenvalue weighted by Gasteiger charge is 2.20. The molecule has 12 heavy (non-hydrogen) atoms. The van der Waals surface area contributed by atoms with Gasteiger partial charge in [-0.05, 0) is 25.7 Å². The smallest absolute Gasteiger partial charge is 0.308 e. The van der Waals surface area contributed by atoms with Gasteiger partial charge in [0.15, 0.2) is 0 Å². The normalized spacial score (nSPS) is 23.2. The van der Waals surface area contributed by atoms with Gasteiger partial charge in [0.2, 0.25) is 0 Å². The van der Waals surface area contributed by atoms with Crippen LogP contribution < -0.4 is 0 Å². The molecule has 1 atom stereocenters. The van der Waals surface area contributed by atoms with E-state index >= 15 is 0 Å². The molecule has 0 fully saturated rings. The van der Waals surface area contributed by atoms with Crippen molar-refractivity contribution >= 4 is 5.97 Å². The Morgan fingerprint density at radius 2 is 2.50 bits per heavy atom. The average molecular weight is 168 g/mol. The van der Waals surface area contributed by atoms with Gasteiger partial charge < -0.3 is 4.74 Å². The molecular weight excluding hydrogens is 152 g/mol. The molecule has 68 valence electrons. The van der Waals surface area contributed by atoms with Gasteiger partial charge in [0.05, 0.1) is 13.0 Å². The zero-order valence-corrected chi connectivity index (χ0v) is 7.80. The summed E-state index contributed by atoms with van der Waals surface area (Å²) in [6, 6.07) is 0. The van der Waals surface area contributed by atoms with Gasteiger partial charge in [0, 0.05) is 0 Å². The first-order chi connectivity index (χ1) is 5.77. The van der Waals surface area contributed by atoms with Crippen molar-refractivity contribution in [1.29, 1.82) is 0 Å². The zero-order chi connectivity index (χ0) is 8.97. The molecule has 1 aliphatic rings. The molecule has 0 spiro atoms. The molecule has 0 saturated carbocycles. The highest BCUT2D eigenvalue weighted by atomic mass is 16.5. The quantitative estimate of drug-likeness (QED) is 0.467. The lowest BCUT2D eigenvalue weighted by molar-refractivity contribution is -0.145. The molecule has 1 rings (SSSR count). The van der Waals surface area contributed by atoms with Gasteiger partial charge in [-0.1, -0.05) is 18.6 Å². The summed E-state index contributed by atoms with van der Waals surface area (Å²) in [5, 5.41) is 0. The maximum absolute atomic E-state index is 11.1. The first-order valence-corrected chi connectivity index (χ1v) is 4.53. The van der Waals surface area contributed by atoms with Crippen LogP contribution in [-0.4, -0.2) is 13.1 Å². The predicted octanol–water partition coefficient (Wildman–Crippen LogP) is 2.30. The number of esters is 1. The summed E-state index contributed by atoms with van der Waals surface area (Å²) in [4.78, 5) is 11.1. The van der Waals surface area contributed by atoms with E-state index < -0.39 is 0 Å². The third-order valence-electron chi connectivity index (χ3n) is 2.49. The van der Waals surface area contributed by atoms with Crippen LogP contribution >= 0.6 is 0 Å². The number of carbonyl (C=O) groups excluding carboxylic acids is 1. The van der Waals surface area contributed by atoms with Crippen LogP contribution in [0.25, 0.3) is 0 Å². The van der Waals surface area contributed by atoms with E-state index in [9.17, 15) is 4.79 Å². The Hall–Kier alpha value is -0.790. The van der Waals surface area contributed by atoms with Crippen molar-refractivity contribution in [2.45, 2.75) is 32.6 Å². The highest BCUT2D eigenvalue weighted by molar-refractivity contribution is 5.72. The highest BCUT2D eigenvalue weighted by Crippen LogP contribution is 2.25. The molecule has 0 aromatic rings. The first-order valence-electron chi connectivity index (χ1n) is 4.53. The van der Waals surface area contributed by atoms with E-state index in [0.717, 1.165) is 25.7 Å². The number of carbonyl (C=O) groups is 1. The Morgan fingerprint density at radius 1 is 1.75 bits per heavy atom. The zero-order valence-electron chi connectivity index (χ0n) is 7.80. The van der Waals surface area contributed by atoms with Crippen LogP contribution in [0.1, 0.15) is 32.6 Å². The maximum Gasteiger partial charge on any atom is 0.308 e. The standard InChI is InChI=1S/C10H16O2/c1-3-8-4-6-9(7-5-8)10(11)12-2/h4,9H,3,5-7H2,1-2H3/t9-/m0/s1. The second-order valence-corrected chi connectivity index (χ2v) is 3.21. The predicted molar refractivity (Wildman–Crippen MR) is 47.7 cm³/mol. The summed E-state index contributed by atoms with van der Waals surface area (Å²) in [6.07, 6.45) is 6.21. The number of allylic oxidation sites excluding steroid dienone is 2. The van der Waals surface area contributed by atoms with Gasteiger partial charge in [-0.2, -0.15) is 0 Å². The number of rotatable bonds is 2. The molecule has 0 aliphatic heterocycles. The van der Waals surface area contributed by atoms with E-state index in [-0.39, 0.29) is 11.9 Å². The van der Waals surface area contributed by atoms with Gasteiger partial charge in [0.25, 0.3) is 0 Å². The van der Waals surface area contributed by atoms with Gasteiger partial charge >= 0.3 is 5.97 Å². The fourth-order valence-corrected chi connectivity index (χ4v) is 1.59. The number of hydrogen-bond acceptors (Lipinski definition) is 2. The Morgan fingerprint density at radius 3 is 2.92 bits per heavy atom. The lowest BCUT2D eigenvalue weighted by atomic mass is 9.89. The van der Waals surface area contributed by atoms with Gasteiger partial charge in [-0.3, -0.25) is 4.79 Å². The van der Waals surface area contributed by atoms with Crippen molar-refractivity contribution < 1.29 is 9.53 Å². The van der Waals surface area contributed by atoms with E-state index in [1.807, 2.05) is 0 Å². The molecule has 0 saturated heterocycles. The third kappa shape index (κ3) is 2.10. The SMILES string of the molecule is CCC1=CC[C@H](C(=O)OC)CC1. The molecule has 0 unspecified atom stereocenters.